The Labute approximate surface area is 121 Å². The van der Waals surface area contributed by atoms with Crippen LogP contribution in [0.15, 0.2) is 0 Å². The van der Waals surface area contributed by atoms with E-state index in [1.807, 2.05) is 20.8 Å². The van der Waals surface area contributed by atoms with Gasteiger partial charge in [0.25, 0.3) is 0 Å². The zero-order valence-corrected chi connectivity index (χ0v) is 12.6. The molecule has 85 valence electrons. The summed E-state index contributed by atoms with van der Waals surface area (Å²) in [7, 11) is 15.9. The second-order valence-corrected chi connectivity index (χ2v) is 4.16. The fourth-order valence-corrected chi connectivity index (χ4v) is 0. The van der Waals surface area contributed by atoms with Gasteiger partial charge in [-0.1, -0.05) is 78.3 Å². The van der Waals surface area contributed by atoms with Crippen molar-refractivity contribution in [1.82, 2.24) is 0 Å². The topological polar surface area (TPSA) is 0 Å². The summed E-state index contributed by atoms with van der Waals surface area (Å²) in [4.78, 5) is 0. The summed E-state index contributed by atoms with van der Waals surface area (Å²) in [6, 6.07) is 0. The molecule has 7 radical (unpaired) electrons. The maximum Gasteiger partial charge on any atom is 0.0695 e. The van der Waals surface area contributed by atoms with Gasteiger partial charge in [-0.25, -0.2) is 0 Å². The standard InChI is InChI=1S/3C4H9B.Li/c3*1-3-4(2)5;/h3*4H,3H2,1-2H3;. The monoisotopic (exact) mass is 211 g/mol. The summed E-state index contributed by atoms with van der Waals surface area (Å²) >= 11 is 0. The molecule has 0 saturated heterocycles. The molecular formula is C12H27B3Li. The van der Waals surface area contributed by atoms with Gasteiger partial charge in [-0.2, -0.15) is 0 Å². The quantitative estimate of drug-likeness (QED) is 0.623. The first-order valence-electron chi connectivity index (χ1n) is 6.08. The van der Waals surface area contributed by atoms with E-state index in [2.05, 4.69) is 20.8 Å². The first-order valence-corrected chi connectivity index (χ1v) is 6.08. The van der Waals surface area contributed by atoms with Gasteiger partial charge in [0, 0.05) is 18.9 Å². The Hall–Kier alpha value is 0.792. The average molecular weight is 211 g/mol. The maximum absolute atomic E-state index is 5.29. The largest absolute Gasteiger partial charge is 0.0804 e. The van der Waals surface area contributed by atoms with E-state index >= 15 is 0 Å². The van der Waals surface area contributed by atoms with Crippen molar-refractivity contribution in [2.24, 2.45) is 0 Å². The molecule has 0 bridgehead atoms. The molecule has 0 aromatic carbocycles. The molecule has 0 nitrogen and oxygen atoms in total. The maximum atomic E-state index is 5.29. The zero-order chi connectivity index (χ0) is 12.9. The van der Waals surface area contributed by atoms with Crippen LogP contribution in [0.4, 0.5) is 0 Å². The van der Waals surface area contributed by atoms with Gasteiger partial charge in [0.05, 0.1) is 23.5 Å². The van der Waals surface area contributed by atoms with Crippen molar-refractivity contribution in [2.75, 3.05) is 0 Å². The van der Waals surface area contributed by atoms with E-state index in [0.717, 1.165) is 19.3 Å². The van der Waals surface area contributed by atoms with Crippen LogP contribution in [0.3, 0.4) is 0 Å². The fourth-order valence-electron chi connectivity index (χ4n) is 0. The molecular weight excluding hydrogens is 184 g/mol. The van der Waals surface area contributed by atoms with Crippen LogP contribution in [0.5, 0.6) is 0 Å². The van der Waals surface area contributed by atoms with E-state index in [9.17, 15) is 0 Å². The van der Waals surface area contributed by atoms with Crippen LogP contribution in [0.1, 0.15) is 60.8 Å². The Kier molecular flexibility index (Phi) is 33.8. The van der Waals surface area contributed by atoms with Crippen LogP contribution in [0.25, 0.3) is 0 Å². The van der Waals surface area contributed by atoms with Gasteiger partial charge < -0.3 is 0 Å². The Bertz CT molecular complexity index is 77.2. The third kappa shape index (κ3) is 61.0. The minimum absolute atomic E-state index is 0. The van der Waals surface area contributed by atoms with Gasteiger partial charge in [-0.05, 0) is 0 Å². The Morgan fingerprint density at radius 3 is 0.688 bits per heavy atom. The minimum atomic E-state index is 0. The second kappa shape index (κ2) is 21.1. The molecule has 0 spiro atoms. The molecule has 0 aliphatic rings. The second-order valence-electron chi connectivity index (χ2n) is 4.16. The fraction of sp³-hybridized carbons (Fsp3) is 1.00. The van der Waals surface area contributed by atoms with Gasteiger partial charge in [-0.15, -0.1) is 0 Å². The van der Waals surface area contributed by atoms with Crippen molar-refractivity contribution in [3.8, 4) is 0 Å². The summed E-state index contributed by atoms with van der Waals surface area (Å²) in [5.41, 5.74) is 0. The van der Waals surface area contributed by atoms with E-state index in [-0.39, 0.29) is 18.9 Å². The molecule has 3 unspecified atom stereocenters. The van der Waals surface area contributed by atoms with Gasteiger partial charge in [0.15, 0.2) is 0 Å². The Morgan fingerprint density at radius 1 is 0.625 bits per heavy atom. The van der Waals surface area contributed by atoms with E-state index in [4.69, 9.17) is 23.5 Å². The molecule has 16 heavy (non-hydrogen) atoms. The molecule has 0 aliphatic carbocycles. The normalized spacial score (nSPS) is 13.9. The van der Waals surface area contributed by atoms with Crippen molar-refractivity contribution >= 4 is 42.4 Å². The van der Waals surface area contributed by atoms with Crippen molar-refractivity contribution in [1.29, 1.82) is 0 Å². The van der Waals surface area contributed by atoms with E-state index in [1.165, 1.54) is 0 Å². The smallest absolute Gasteiger partial charge is 0.0695 e. The first kappa shape index (κ1) is 25.6. The van der Waals surface area contributed by atoms with Crippen molar-refractivity contribution in [3.05, 3.63) is 0 Å². The van der Waals surface area contributed by atoms with Crippen LogP contribution < -0.4 is 0 Å². The van der Waals surface area contributed by atoms with Gasteiger partial charge >= 0.3 is 0 Å². The average Bonchev–Trinajstić information content (AvgIpc) is 2.19. The van der Waals surface area contributed by atoms with Crippen LogP contribution >= 0.6 is 0 Å². The van der Waals surface area contributed by atoms with Crippen LogP contribution in [-0.4, -0.2) is 42.4 Å². The Morgan fingerprint density at radius 2 is 0.688 bits per heavy atom. The molecule has 3 atom stereocenters. The summed E-state index contributed by atoms with van der Waals surface area (Å²) in [6.45, 7) is 12.2. The molecule has 0 amide bonds. The van der Waals surface area contributed by atoms with Gasteiger partial charge in [-0.3, -0.25) is 0 Å². The van der Waals surface area contributed by atoms with E-state index in [1.54, 1.807) is 0 Å². The summed E-state index contributed by atoms with van der Waals surface area (Å²) < 4.78 is 0. The predicted octanol–water partition coefficient (Wildman–Crippen LogP) is 3.74. The molecule has 0 heterocycles. The van der Waals surface area contributed by atoms with Crippen LogP contribution in [-0.2, 0) is 0 Å². The zero-order valence-electron chi connectivity index (χ0n) is 12.6. The summed E-state index contributed by atoms with van der Waals surface area (Å²) in [5, 5.41) is 0. The number of hydrogen-bond acceptors (Lipinski definition) is 0. The molecule has 4 heteroatoms. The van der Waals surface area contributed by atoms with Crippen molar-refractivity contribution in [2.45, 2.75) is 78.3 Å². The third-order valence-electron chi connectivity index (χ3n) is 1.93. The molecule has 0 aliphatic heterocycles. The van der Waals surface area contributed by atoms with Crippen LogP contribution in [0, 0.1) is 0 Å². The van der Waals surface area contributed by atoms with E-state index in [0.29, 0.717) is 17.5 Å². The SMILES string of the molecule is [B]C(C)CC.[B]C(C)CC.[B]C(C)CC.[Li]. The van der Waals surface area contributed by atoms with Crippen molar-refractivity contribution < 1.29 is 0 Å². The Balaban J connectivity index is -0.0000000655. The third-order valence-corrected chi connectivity index (χ3v) is 1.93. The van der Waals surface area contributed by atoms with Gasteiger partial charge in [0.1, 0.15) is 0 Å². The molecule has 0 N–H and O–H groups in total. The van der Waals surface area contributed by atoms with Crippen molar-refractivity contribution in [3.63, 3.8) is 0 Å². The van der Waals surface area contributed by atoms with E-state index < -0.39 is 0 Å². The number of hydrogen-bond donors (Lipinski definition) is 0. The molecule has 0 saturated carbocycles. The molecule has 0 aromatic heterocycles. The first-order chi connectivity index (χ1) is 6.81. The molecule has 0 fully saturated rings. The number of rotatable bonds is 3. The molecule has 0 rings (SSSR count). The van der Waals surface area contributed by atoms with Gasteiger partial charge in [0.2, 0.25) is 0 Å². The minimum Gasteiger partial charge on any atom is -0.0804 e. The van der Waals surface area contributed by atoms with Crippen LogP contribution in [0.2, 0.25) is 17.5 Å². The predicted molar refractivity (Wildman–Crippen MR) is 82.2 cm³/mol. The summed E-state index contributed by atoms with van der Waals surface area (Å²) in [6.07, 6.45) is 3.25. The molecule has 0 aromatic rings. The summed E-state index contributed by atoms with van der Waals surface area (Å²) in [5.74, 6) is 1.15.